The minimum absolute atomic E-state index is 0.118. The molecule has 3 N–H and O–H groups in total. The first kappa shape index (κ1) is 24.4. The van der Waals surface area contributed by atoms with Crippen LogP contribution < -0.4 is 0 Å². The van der Waals surface area contributed by atoms with Gasteiger partial charge in [0.25, 0.3) is 0 Å². The summed E-state index contributed by atoms with van der Waals surface area (Å²) in [5.41, 5.74) is 1.40. The van der Waals surface area contributed by atoms with Crippen LogP contribution in [0.4, 0.5) is 0 Å². The molecule has 0 aliphatic rings. The third kappa shape index (κ3) is 5.26. The Morgan fingerprint density at radius 2 is 1.39 bits per heavy atom. The highest BCUT2D eigenvalue weighted by atomic mass is 16.3. The summed E-state index contributed by atoms with van der Waals surface area (Å²) in [7, 11) is 1.64. The van der Waals surface area contributed by atoms with Crippen molar-refractivity contribution < 1.29 is 20.1 Å². The number of aliphatic hydroxyl groups is 2. The van der Waals surface area contributed by atoms with Crippen LogP contribution in [0.2, 0.25) is 0 Å². The molecule has 0 atom stereocenters. The van der Waals surface area contributed by atoms with Crippen LogP contribution in [0.1, 0.15) is 78.0 Å². The SMILES string of the molecule is CCC(CO)(CO)N(C)C(=O)CCc1cc(C(C)(C)C)c(O)c(C(C)(C)C)c1. The molecule has 0 radical (unpaired) electrons. The van der Waals surface area contributed by atoms with E-state index >= 15 is 0 Å². The fourth-order valence-electron chi connectivity index (χ4n) is 3.39. The van der Waals surface area contributed by atoms with E-state index in [1.54, 1.807) is 7.05 Å². The number of aryl methyl sites for hydroxylation is 1. The predicted octanol–water partition coefficient (Wildman–Crippen LogP) is 3.51. The zero-order valence-electron chi connectivity index (χ0n) is 18.9. The molecule has 0 spiro atoms. The summed E-state index contributed by atoms with van der Waals surface area (Å²) >= 11 is 0. The highest BCUT2D eigenvalue weighted by Gasteiger charge is 2.34. The van der Waals surface area contributed by atoms with Gasteiger partial charge in [0.15, 0.2) is 0 Å². The van der Waals surface area contributed by atoms with Crippen molar-refractivity contribution in [1.29, 1.82) is 0 Å². The van der Waals surface area contributed by atoms with Crippen LogP contribution in [0.3, 0.4) is 0 Å². The van der Waals surface area contributed by atoms with Gasteiger partial charge in [0.05, 0.1) is 18.8 Å². The molecule has 0 aliphatic heterocycles. The molecule has 0 fully saturated rings. The highest BCUT2D eigenvalue weighted by molar-refractivity contribution is 5.77. The molecular weight excluding hydrogens is 354 g/mol. The Labute approximate surface area is 170 Å². The second-order valence-electron chi connectivity index (χ2n) is 9.89. The van der Waals surface area contributed by atoms with E-state index in [-0.39, 0.29) is 36.4 Å². The first-order chi connectivity index (χ1) is 12.7. The molecule has 1 rings (SSSR count). The second-order valence-corrected chi connectivity index (χ2v) is 9.89. The van der Waals surface area contributed by atoms with Crippen molar-refractivity contribution in [2.45, 2.75) is 84.1 Å². The quantitative estimate of drug-likeness (QED) is 0.662. The standard InChI is InChI=1S/C23H39NO4/c1-9-23(14-25,15-26)24(8)19(27)11-10-16-12-17(21(2,3)4)20(28)18(13-16)22(5,6)7/h12-13,25-26,28H,9-11,14-15H2,1-8H3. The van der Waals surface area contributed by atoms with Crippen molar-refractivity contribution >= 4 is 5.91 Å². The lowest BCUT2D eigenvalue weighted by Crippen LogP contribution is -2.54. The number of nitrogens with zero attached hydrogens (tertiary/aromatic N) is 1. The summed E-state index contributed by atoms with van der Waals surface area (Å²) in [6.45, 7) is 13.7. The molecular formula is C23H39NO4. The first-order valence-electron chi connectivity index (χ1n) is 10.1. The van der Waals surface area contributed by atoms with Gasteiger partial charge < -0.3 is 20.2 Å². The van der Waals surface area contributed by atoms with Gasteiger partial charge in [-0.3, -0.25) is 4.79 Å². The lowest BCUT2D eigenvalue weighted by molar-refractivity contribution is -0.140. The van der Waals surface area contributed by atoms with Gasteiger partial charge in [-0.1, -0.05) is 60.6 Å². The lowest BCUT2D eigenvalue weighted by Gasteiger charge is -2.38. The molecule has 0 saturated carbocycles. The molecule has 5 heteroatoms. The van der Waals surface area contributed by atoms with Gasteiger partial charge in [0, 0.05) is 13.5 Å². The van der Waals surface area contributed by atoms with Crippen LogP contribution in [0.5, 0.6) is 5.75 Å². The Balaban J connectivity index is 3.18. The minimum atomic E-state index is -0.931. The van der Waals surface area contributed by atoms with Crippen LogP contribution >= 0.6 is 0 Å². The molecule has 0 aromatic heterocycles. The Kier molecular flexibility index (Phi) is 7.71. The van der Waals surface area contributed by atoms with Crippen LogP contribution in [-0.2, 0) is 22.0 Å². The number of carbonyl (C=O) groups excluding carboxylic acids is 1. The third-order valence-corrected chi connectivity index (χ3v) is 5.75. The molecule has 0 saturated heterocycles. The number of phenolic OH excluding ortho intramolecular Hbond substituents is 1. The summed E-state index contributed by atoms with van der Waals surface area (Å²) in [5, 5.41) is 30.2. The van der Waals surface area contributed by atoms with Crippen LogP contribution in [0.15, 0.2) is 12.1 Å². The van der Waals surface area contributed by atoms with Gasteiger partial charge in [-0.05, 0) is 40.4 Å². The molecule has 1 aromatic rings. The van der Waals surface area contributed by atoms with Gasteiger partial charge in [-0.2, -0.15) is 0 Å². The van der Waals surface area contributed by atoms with E-state index in [2.05, 4.69) is 41.5 Å². The molecule has 0 aliphatic carbocycles. The Hall–Kier alpha value is -1.59. The smallest absolute Gasteiger partial charge is 0.223 e. The van der Waals surface area contributed by atoms with Gasteiger partial charge >= 0.3 is 0 Å². The number of hydrogen-bond acceptors (Lipinski definition) is 4. The van der Waals surface area contributed by atoms with Crippen molar-refractivity contribution in [1.82, 2.24) is 4.90 Å². The van der Waals surface area contributed by atoms with Crippen LogP contribution in [0.25, 0.3) is 0 Å². The molecule has 160 valence electrons. The maximum Gasteiger partial charge on any atom is 0.223 e. The Bertz CT molecular complexity index is 636. The number of benzene rings is 1. The van der Waals surface area contributed by atoms with Crippen molar-refractivity contribution in [3.63, 3.8) is 0 Å². The Morgan fingerprint density at radius 3 is 1.71 bits per heavy atom. The van der Waals surface area contributed by atoms with E-state index in [9.17, 15) is 20.1 Å². The summed E-state index contributed by atoms with van der Waals surface area (Å²) in [4.78, 5) is 14.2. The van der Waals surface area contributed by atoms with E-state index in [1.807, 2.05) is 19.1 Å². The van der Waals surface area contributed by atoms with E-state index in [1.165, 1.54) is 4.90 Å². The summed E-state index contributed by atoms with van der Waals surface area (Å²) in [6.07, 6.45) is 1.28. The number of aliphatic hydroxyl groups excluding tert-OH is 2. The zero-order valence-corrected chi connectivity index (χ0v) is 18.9. The zero-order chi connectivity index (χ0) is 21.9. The molecule has 1 amide bonds. The van der Waals surface area contributed by atoms with Crippen molar-refractivity contribution in [3.05, 3.63) is 28.8 Å². The van der Waals surface area contributed by atoms with E-state index in [4.69, 9.17) is 0 Å². The number of carbonyl (C=O) groups is 1. The minimum Gasteiger partial charge on any atom is -0.507 e. The summed E-state index contributed by atoms with van der Waals surface area (Å²) in [6, 6.07) is 3.98. The van der Waals surface area contributed by atoms with Gasteiger partial charge in [-0.15, -0.1) is 0 Å². The number of aromatic hydroxyl groups is 1. The average molecular weight is 394 g/mol. The van der Waals surface area contributed by atoms with E-state index < -0.39 is 5.54 Å². The maximum atomic E-state index is 12.7. The summed E-state index contributed by atoms with van der Waals surface area (Å²) in [5.74, 6) is 0.213. The fourth-order valence-corrected chi connectivity index (χ4v) is 3.39. The number of likely N-dealkylation sites (N-methyl/N-ethyl adjacent to an activating group) is 1. The van der Waals surface area contributed by atoms with E-state index in [0.29, 0.717) is 18.6 Å². The van der Waals surface area contributed by atoms with Gasteiger partial charge in [0.2, 0.25) is 5.91 Å². The molecule has 0 unspecified atom stereocenters. The number of hydrogen-bond donors (Lipinski definition) is 3. The lowest BCUT2D eigenvalue weighted by atomic mass is 9.78. The third-order valence-electron chi connectivity index (χ3n) is 5.75. The molecule has 28 heavy (non-hydrogen) atoms. The normalized spacial score (nSPS) is 12.9. The van der Waals surface area contributed by atoms with Crippen molar-refractivity contribution in [2.75, 3.05) is 20.3 Å². The number of phenols is 1. The topological polar surface area (TPSA) is 81.0 Å². The van der Waals surface area contributed by atoms with Crippen molar-refractivity contribution in [2.24, 2.45) is 0 Å². The number of rotatable bonds is 7. The van der Waals surface area contributed by atoms with Gasteiger partial charge in [0.1, 0.15) is 5.75 Å². The molecule has 1 aromatic carbocycles. The first-order valence-corrected chi connectivity index (χ1v) is 10.1. The number of amides is 1. The largest absolute Gasteiger partial charge is 0.507 e. The van der Waals surface area contributed by atoms with Crippen LogP contribution in [-0.4, -0.2) is 51.9 Å². The van der Waals surface area contributed by atoms with Crippen LogP contribution in [0, 0.1) is 0 Å². The maximum absolute atomic E-state index is 12.7. The molecule has 0 heterocycles. The predicted molar refractivity (Wildman–Crippen MR) is 114 cm³/mol. The van der Waals surface area contributed by atoms with Gasteiger partial charge in [-0.25, -0.2) is 0 Å². The average Bonchev–Trinajstić information content (AvgIpc) is 2.60. The second kappa shape index (κ2) is 8.83. The molecule has 5 nitrogen and oxygen atoms in total. The highest BCUT2D eigenvalue weighted by Crippen LogP contribution is 2.40. The fraction of sp³-hybridized carbons (Fsp3) is 0.696. The Morgan fingerprint density at radius 1 is 0.964 bits per heavy atom. The summed E-state index contributed by atoms with van der Waals surface area (Å²) < 4.78 is 0. The molecule has 0 bridgehead atoms. The van der Waals surface area contributed by atoms with E-state index in [0.717, 1.165) is 16.7 Å². The van der Waals surface area contributed by atoms with Crippen molar-refractivity contribution in [3.8, 4) is 5.75 Å². The monoisotopic (exact) mass is 393 g/mol.